The minimum Gasteiger partial charge on any atom is -0.444 e. The second-order valence-electron chi connectivity index (χ2n) is 4.96. The Labute approximate surface area is 113 Å². The first-order valence-corrected chi connectivity index (χ1v) is 6.33. The Kier molecular flexibility index (Phi) is 4.44. The standard InChI is InChI=1S/C11H15F3N2O2S/c1-10(2,3)18-9(17)16(4)5-8-15-7(6-19-8)11(12,13)14/h6H,5H2,1-4H3. The summed E-state index contributed by atoms with van der Waals surface area (Å²) in [5, 5.41) is 1.14. The normalized spacial score (nSPS) is 12.4. The number of ether oxygens (including phenoxy) is 1. The topological polar surface area (TPSA) is 42.4 Å². The molecule has 0 aliphatic carbocycles. The van der Waals surface area contributed by atoms with E-state index in [1.54, 1.807) is 20.8 Å². The number of hydrogen-bond donors (Lipinski definition) is 0. The molecule has 0 aliphatic rings. The highest BCUT2D eigenvalue weighted by atomic mass is 32.1. The third kappa shape index (κ3) is 5.06. The second-order valence-corrected chi connectivity index (χ2v) is 5.90. The molecular formula is C11H15F3N2O2S. The number of rotatable bonds is 2. The van der Waals surface area contributed by atoms with Crippen molar-refractivity contribution < 1.29 is 22.7 Å². The second kappa shape index (κ2) is 5.36. The van der Waals surface area contributed by atoms with Crippen LogP contribution < -0.4 is 0 Å². The van der Waals surface area contributed by atoms with Crippen molar-refractivity contribution in [2.45, 2.75) is 39.1 Å². The van der Waals surface area contributed by atoms with Gasteiger partial charge in [-0.3, -0.25) is 0 Å². The number of amides is 1. The van der Waals surface area contributed by atoms with Crippen molar-refractivity contribution in [2.75, 3.05) is 7.05 Å². The summed E-state index contributed by atoms with van der Waals surface area (Å²) in [7, 11) is 1.45. The van der Waals surface area contributed by atoms with Crippen molar-refractivity contribution in [1.29, 1.82) is 0 Å². The maximum absolute atomic E-state index is 12.4. The molecule has 1 heterocycles. The number of thiazole rings is 1. The molecule has 1 rings (SSSR count). The van der Waals surface area contributed by atoms with E-state index in [1.807, 2.05) is 0 Å². The predicted octanol–water partition coefficient (Wildman–Crippen LogP) is 3.53. The van der Waals surface area contributed by atoms with Gasteiger partial charge in [0.25, 0.3) is 0 Å². The van der Waals surface area contributed by atoms with Crippen LogP contribution in [0.15, 0.2) is 5.38 Å². The van der Waals surface area contributed by atoms with Crippen molar-refractivity contribution in [3.8, 4) is 0 Å². The molecule has 0 spiro atoms. The van der Waals surface area contributed by atoms with Crippen molar-refractivity contribution in [3.05, 3.63) is 16.1 Å². The quantitative estimate of drug-likeness (QED) is 0.838. The fraction of sp³-hybridized carbons (Fsp3) is 0.636. The van der Waals surface area contributed by atoms with E-state index in [2.05, 4.69) is 4.98 Å². The summed E-state index contributed by atoms with van der Waals surface area (Å²) in [6.45, 7) is 5.12. The van der Waals surface area contributed by atoms with E-state index >= 15 is 0 Å². The molecule has 0 bridgehead atoms. The number of halogens is 3. The molecule has 0 saturated heterocycles. The first-order chi connectivity index (χ1) is 8.49. The fourth-order valence-electron chi connectivity index (χ4n) is 1.12. The van der Waals surface area contributed by atoms with E-state index in [0.29, 0.717) is 0 Å². The predicted molar refractivity (Wildman–Crippen MR) is 64.8 cm³/mol. The van der Waals surface area contributed by atoms with Crippen LogP contribution in [0, 0.1) is 0 Å². The van der Waals surface area contributed by atoms with Crippen LogP contribution in [-0.2, 0) is 17.5 Å². The van der Waals surface area contributed by atoms with Crippen LogP contribution in [0.3, 0.4) is 0 Å². The van der Waals surface area contributed by atoms with Gasteiger partial charge in [-0.1, -0.05) is 0 Å². The van der Waals surface area contributed by atoms with E-state index in [0.717, 1.165) is 16.7 Å². The SMILES string of the molecule is CN(Cc1nc(C(F)(F)F)cs1)C(=O)OC(C)(C)C. The number of hydrogen-bond acceptors (Lipinski definition) is 4. The Morgan fingerprint density at radius 3 is 2.42 bits per heavy atom. The fourth-order valence-corrected chi connectivity index (χ4v) is 1.97. The molecule has 1 aromatic rings. The van der Waals surface area contributed by atoms with Crippen LogP contribution in [0.5, 0.6) is 0 Å². The van der Waals surface area contributed by atoms with Gasteiger partial charge in [0.05, 0.1) is 6.54 Å². The van der Waals surface area contributed by atoms with Crippen LogP contribution in [0.25, 0.3) is 0 Å². The Bertz CT molecular complexity index is 452. The Balaban J connectivity index is 2.65. The van der Waals surface area contributed by atoms with E-state index in [4.69, 9.17) is 4.74 Å². The first-order valence-electron chi connectivity index (χ1n) is 5.45. The summed E-state index contributed by atoms with van der Waals surface area (Å²) in [6.07, 6.45) is -5.06. The van der Waals surface area contributed by atoms with Gasteiger partial charge in [-0.15, -0.1) is 11.3 Å². The lowest BCUT2D eigenvalue weighted by molar-refractivity contribution is -0.140. The molecule has 0 radical (unpaired) electrons. The molecule has 4 nitrogen and oxygen atoms in total. The number of alkyl halides is 3. The lowest BCUT2D eigenvalue weighted by Crippen LogP contribution is -2.33. The molecule has 0 saturated carbocycles. The van der Waals surface area contributed by atoms with Gasteiger partial charge in [0.1, 0.15) is 10.6 Å². The van der Waals surface area contributed by atoms with Gasteiger partial charge in [-0.25, -0.2) is 9.78 Å². The van der Waals surface area contributed by atoms with Crippen molar-refractivity contribution in [2.24, 2.45) is 0 Å². The lowest BCUT2D eigenvalue weighted by Gasteiger charge is -2.24. The average molecular weight is 296 g/mol. The minimum absolute atomic E-state index is 0.0182. The maximum Gasteiger partial charge on any atom is 0.434 e. The molecule has 0 unspecified atom stereocenters. The first kappa shape index (κ1) is 15.7. The zero-order chi connectivity index (χ0) is 14.8. The number of nitrogens with zero attached hydrogens (tertiary/aromatic N) is 2. The molecule has 1 aromatic heterocycles. The van der Waals surface area contributed by atoms with E-state index < -0.39 is 23.6 Å². The van der Waals surface area contributed by atoms with Crippen LogP contribution in [0.2, 0.25) is 0 Å². The van der Waals surface area contributed by atoms with Crippen LogP contribution in [0.1, 0.15) is 31.5 Å². The summed E-state index contributed by atoms with van der Waals surface area (Å²) in [5.41, 5.74) is -1.59. The summed E-state index contributed by atoms with van der Waals surface area (Å²) in [5.74, 6) is 0. The minimum atomic E-state index is -4.46. The molecule has 0 aliphatic heterocycles. The summed E-state index contributed by atoms with van der Waals surface area (Å²) < 4.78 is 42.2. The molecule has 108 valence electrons. The van der Waals surface area contributed by atoms with E-state index in [9.17, 15) is 18.0 Å². The summed E-state index contributed by atoms with van der Waals surface area (Å²) in [6, 6.07) is 0. The third-order valence-corrected chi connectivity index (χ3v) is 2.75. The zero-order valence-corrected chi connectivity index (χ0v) is 11.9. The summed E-state index contributed by atoms with van der Waals surface area (Å²) in [4.78, 5) is 16.3. The van der Waals surface area contributed by atoms with Gasteiger partial charge in [-0.05, 0) is 20.8 Å². The van der Waals surface area contributed by atoms with Gasteiger partial charge in [0.2, 0.25) is 0 Å². The third-order valence-electron chi connectivity index (χ3n) is 1.92. The smallest absolute Gasteiger partial charge is 0.434 e. The van der Waals surface area contributed by atoms with Gasteiger partial charge in [0, 0.05) is 12.4 Å². The van der Waals surface area contributed by atoms with Crippen LogP contribution in [0.4, 0.5) is 18.0 Å². The highest BCUT2D eigenvalue weighted by Crippen LogP contribution is 2.30. The Morgan fingerprint density at radius 1 is 1.42 bits per heavy atom. The lowest BCUT2D eigenvalue weighted by atomic mass is 10.2. The van der Waals surface area contributed by atoms with Gasteiger partial charge in [0.15, 0.2) is 5.69 Å². The molecule has 1 amide bonds. The number of aromatic nitrogens is 1. The molecular weight excluding hydrogens is 281 g/mol. The number of carbonyl (C=O) groups is 1. The molecule has 19 heavy (non-hydrogen) atoms. The van der Waals surface area contributed by atoms with Crippen LogP contribution in [-0.4, -0.2) is 28.6 Å². The molecule has 8 heteroatoms. The maximum atomic E-state index is 12.4. The molecule has 0 N–H and O–H groups in total. The van der Waals surface area contributed by atoms with Crippen molar-refractivity contribution >= 4 is 17.4 Å². The molecule has 0 atom stereocenters. The zero-order valence-electron chi connectivity index (χ0n) is 11.0. The Hall–Kier alpha value is -1.31. The Morgan fingerprint density at radius 2 is 2.00 bits per heavy atom. The van der Waals surface area contributed by atoms with Crippen molar-refractivity contribution in [1.82, 2.24) is 9.88 Å². The number of carbonyl (C=O) groups excluding carboxylic acids is 1. The van der Waals surface area contributed by atoms with E-state index in [1.165, 1.54) is 11.9 Å². The van der Waals surface area contributed by atoms with Crippen LogP contribution >= 0.6 is 11.3 Å². The largest absolute Gasteiger partial charge is 0.444 e. The average Bonchev–Trinajstić information content (AvgIpc) is 2.62. The summed E-state index contributed by atoms with van der Waals surface area (Å²) >= 11 is 0.860. The van der Waals surface area contributed by atoms with Crippen molar-refractivity contribution in [3.63, 3.8) is 0 Å². The molecule has 0 fully saturated rings. The van der Waals surface area contributed by atoms with E-state index in [-0.39, 0.29) is 11.6 Å². The van der Waals surface area contributed by atoms with Gasteiger partial charge >= 0.3 is 12.3 Å². The molecule has 0 aromatic carbocycles. The van der Waals surface area contributed by atoms with Gasteiger partial charge in [-0.2, -0.15) is 13.2 Å². The monoisotopic (exact) mass is 296 g/mol. The highest BCUT2D eigenvalue weighted by Gasteiger charge is 2.34. The van der Waals surface area contributed by atoms with Gasteiger partial charge < -0.3 is 9.64 Å². The highest BCUT2D eigenvalue weighted by molar-refractivity contribution is 7.09.